The number of rotatable bonds is 13. The summed E-state index contributed by atoms with van der Waals surface area (Å²) in [5.74, 6) is 0. The van der Waals surface area contributed by atoms with Crippen molar-refractivity contribution in [1.29, 1.82) is 0 Å². The zero-order valence-electron chi connectivity index (χ0n) is 38.9. The first-order valence-electron chi connectivity index (χ1n) is 24.0. The number of furan rings is 1. The van der Waals surface area contributed by atoms with Crippen LogP contribution in [-0.4, -0.2) is 0 Å². The van der Waals surface area contributed by atoms with Gasteiger partial charge in [0.25, 0.3) is 0 Å². The molecule has 338 valence electrons. The molecule has 71 heavy (non-hydrogen) atoms. The molecule has 0 aliphatic carbocycles. The summed E-state index contributed by atoms with van der Waals surface area (Å²) in [6.07, 6.45) is 0. The van der Waals surface area contributed by atoms with Crippen LogP contribution in [-0.2, 0) is 0 Å². The summed E-state index contributed by atoms with van der Waals surface area (Å²) in [5, 5.41) is 2.08. The zero-order chi connectivity index (χ0) is 47.3. The average Bonchev–Trinajstić information content (AvgIpc) is 3.81. The average molecular weight is 913 g/mol. The van der Waals surface area contributed by atoms with Gasteiger partial charge in [0, 0.05) is 79.0 Å². The monoisotopic (exact) mass is 912 g/mol. The Bertz CT molecular complexity index is 3600. The van der Waals surface area contributed by atoms with Crippen molar-refractivity contribution in [2.24, 2.45) is 0 Å². The molecule has 0 saturated carbocycles. The van der Waals surface area contributed by atoms with Crippen LogP contribution in [0.15, 0.2) is 296 Å². The first-order chi connectivity index (χ1) is 35.2. The second-order valence-electron chi connectivity index (χ2n) is 17.4. The van der Waals surface area contributed by atoms with Crippen molar-refractivity contribution in [3.63, 3.8) is 0 Å². The maximum atomic E-state index is 6.57. The van der Waals surface area contributed by atoms with Gasteiger partial charge in [0.2, 0.25) is 0 Å². The van der Waals surface area contributed by atoms with Crippen LogP contribution in [0.25, 0.3) is 33.1 Å². The highest BCUT2D eigenvalue weighted by atomic mass is 16.3. The number of hydrogen-bond donors (Lipinski definition) is 0. The highest BCUT2D eigenvalue weighted by molar-refractivity contribution is 6.08. The summed E-state index contributed by atoms with van der Waals surface area (Å²) in [6, 6.07) is 103. The van der Waals surface area contributed by atoms with Crippen molar-refractivity contribution in [2.45, 2.75) is 0 Å². The second-order valence-corrected chi connectivity index (χ2v) is 17.4. The molecule has 0 atom stereocenters. The fourth-order valence-electron chi connectivity index (χ4n) is 9.66. The van der Waals surface area contributed by atoms with E-state index in [0.717, 1.165) is 101 Å². The molecule has 11 aromatic carbocycles. The molecule has 5 heteroatoms. The van der Waals surface area contributed by atoms with E-state index in [0.29, 0.717) is 0 Å². The minimum Gasteiger partial charge on any atom is -0.456 e. The number of anilines is 12. The van der Waals surface area contributed by atoms with Gasteiger partial charge in [0.05, 0.1) is 0 Å². The van der Waals surface area contributed by atoms with Gasteiger partial charge >= 0.3 is 0 Å². The van der Waals surface area contributed by atoms with Gasteiger partial charge in [-0.3, -0.25) is 0 Å². The van der Waals surface area contributed by atoms with Crippen LogP contribution in [0.5, 0.6) is 0 Å². The van der Waals surface area contributed by atoms with E-state index in [1.165, 1.54) is 0 Å². The van der Waals surface area contributed by atoms with Gasteiger partial charge in [-0.2, -0.15) is 0 Å². The van der Waals surface area contributed by atoms with Crippen molar-refractivity contribution in [1.82, 2.24) is 0 Å². The SMILES string of the molecule is c1ccc(N(c2ccccc2)c2ccc(N(c3ccccc3)c3ccc4oc5ccc(N(c6ccccc6)c6ccc(-c7cccc(N(c8ccccc8)c8ccccc8)c7)cc6)cc5c4c3)cc2)cc1. The Morgan fingerprint density at radius 2 is 0.437 bits per heavy atom. The van der Waals surface area contributed by atoms with E-state index in [1.54, 1.807) is 0 Å². The van der Waals surface area contributed by atoms with E-state index in [2.05, 4.69) is 311 Å². The Morgan fingerprint density at radius 3 is 0.775 bits per heavy atom. The van der Waals surface area contributed by atoms with E-state index in [9.17, 15) is 0 Å². The molecule has 12 aromatic rings. The number of para-hydroxylation sites is 6. The first kappa shape index (κ1) is 42.8. The number of nitrogens with zero attached hydrogens (tertiary/aromatic N) is 4. The first-order valence-corrected chi connectivity index (χ1v) is 24.0. The van der Waals surface area contributed by atoms with Crippen molar-refractivity contribution in [3.8, 4) is 11.1 Å². The fraction of sp³-hybridized carbons (Fsp3) is 0. The fourth-order valence-corrected chi connectivity index (χ4v) is 9.66. The third-order valence-corrected chi connectivity index (χ3v) is 13.0. The van der Waals surface area contributed by atoms with Gasteiger partial charge in [-0.1, -0.05) is 133 Å². The van der Waals surface area contributed by atoms with Crippen LogP contribution in [0.3, 0.4) is 0 Å². The van der Waals surface area contributed by atoms with E-state index >= 15 is 0 Å². The number of fused-ring (bicyclic) bond motifs is 3. The topological polar surface area (TPSA) is 26.1 Å². The summed E-state index contributed by atoms with van der Waals surface area (Å²) in [5.41, 5.74) is 16.8. The Balaban J connectivity index is 0.901. The zero-order valence-corrected chi connectivity index (χ0v) is 38.9. The number of benzene rings is 11. The van der Waals surface area contributed by atoms with Gasteiger partial charge in [-0.05, 0) is 169 Å². The summed E-state index contributed by atoms with van der Waals surface area (Å²) >= 11 is 0. The molecule has 0 aliphatic rings. The molecule has 1 aromatic heterocycles. The normalized spacial score (nSPS) is 11.1. The van der Waals surface area contributed by atoms with Crippen LogP contribution in [0.4, 0.5) is 68.2 Å². The molecule has 0 fully saturated rings. The Labute approximate surface area is 414 Å². The molecular weight excluding hydrogens is 865 g/mol. The lowest BCUT2D eigenvalue weighted by Gasteiger charge is -2.28. The minimum atomic E-state index is 0.835. The van der Waals surface area contributed by atoms with Gasteiger partial charge < -0.3 is 24.0 Å². The van der Waals surface area contributed by atoms with Crippen molar-refractivity contribution < 1.29 is 4.42 Å². The van der Waals surface area contributed by atoms with Crippen LogP contribution >= 0.6 is 0 Å². The summed E-state index contributed by atoms with van der Waals surface area (Å²) in [7, 11) is 0. The molecule has 0 aliphatic heterocycles. The third kappa shape index (κ3) is 8.65. The standard InChI is InChI=1S/C66H48N4O/c1-7-21-51(22-8-1)67(52-23-9-2-10-24-52)58-38-40-59(41-39-58)70(56-31-17-6-18-32-56)62-43-45-66-64(48-62)63-47-61(42-44-65(63)71-66)69(55-29-15-5-16-30-55)57-36-34-49(35-37-57)50-20-19-33-60(46-50)68(53-25-11-3-12-26-53)54-27-13-4-14-28-54/h1-48H. The number of hydrogen-bond acceptors (Lipinski definition) is 5. The van der Waals surface area contributed by atoms with Crippen molar-refractivity contribution in [2.75, 3.05) is 19.6 Å². The lowest BCUT2D eigenvalue weighted by Crippen LogP contribution is -2.12. The predicted molar refractivity (Wildman–Crippen MR) is 298 cm³/mol. The van der Waals surface area contributed by atoms with Crippen LogP contribution in [0.1, 0.15) is 0 Å². The van der Waals surface area contributed by atoms with Crippen LogP contribution in [0, 0.1) is 0 Å². The smallest absolute Gasteiger partial charge is 0.135 e. The summed E-state index contributed by atoms with van der Waals surface area (Å²) in [6.45, 7) is 0. The molecule has 0 N–H and O–H groups in total. The van der Waals surface area contributed by atoms with E-state index < -0.39 is 0 Å². The van der Waals surface area contributed by atoms with Crippen molar-refractivity contribution in [3.05, 3.63) is 291 Å². The van der Waals surface area contributed by atoms with E-state index in [4.69, 9.17) is 4.42 Å². The maximum Gasteiger partial charge on any atom is 0.135 e. The van der Waals surface area contributed by atoms with Crippen LogP contribution in [0.2, 0.25) is 0 Å². The van der Waals surface area contributed by atoms with Gasteiger partial charge in [0.1, 0.15) is 11.2 Å². The van der Waals surface area contributed by atoms with Gasteiger partial charge in [-0.15, -0.1) is 0 Å². The third-order valence-electron chi connectivity index (χ3n) is 13.0. The molecule has 0 amide bonds. The highest BCUT2D eigenvalue weighted by Crippen LogP contribution is 2.44. The summed E-state index contributed by atoms with van der Waals surface area (Å²) < 4.78 is 6.57. The highest BCUT2D eigenvalue weighted by Gasteiger charge is 2.20. The van der Waals surface area contributed by atoms with Gasteiger partial charge in [-0.25, -0.2) is 0 Å². The molecule has 5 nitrogen and oxygen atoms in total. The Hall–Kier alpha value is -9.58. The molecule has 0 radical (unpaired) electrons. The molecule has 0 spiro atoms. The van der Waals surface area contributed by atoms with E-state index in [1.807, 2.05) is 0 Å². The predicted octanol–water partition coefficient (Wildman–Crippen LogP) is 19.1. The van der Waals surface area contributed by atoms with Crippen LogP contribution < -0.4 is 19.6 Å². The summed E-state index contributed by atoms with van der Waals surface area (Å²) in [4.78, 5) is 9.23. The second kappa shape index (κ2) is 19.2. The van der Waals surface area contributed by atoms with E-state index in [-0.39, 0.29) is 0 Å². The minimum absolute atomic E-state index is 0.835. The Morgan fingerprint density at radius 1 is 0.183 bits per heavy atom. The quantitative estimate of drug-likeness (QED) is 0.115. The molecule has 0 bridgehead atoms. The van der Waals surface area contributed by atoms with Gasteiger partial charge in [0.15, 0.2) is 0 Å². The molecule has 1 heterocycles. The Kier molecular flexibility index (Phi) is 11.6. The van der Waals surface area contributed by atoms with Crippen molar-refractivity contribution >= 4 is 90.2 Å². The molecule has 0 saturated heterocycles. The lowest BCUT2D eigenvalue weighted by molar-refractivity contribution is 0.669. The maximum absolute atomic E-state index is 6.57. The molecular formula is C66H48N4O. The largest absolute Gasteiger partial charge is 0.456 e. The molecule has 12 rings (SSSR count). The lowest BCUT2D eigenvalue weighted by atomic mass is 10.0. The molecule has 0 unspecified atom stereocenters.